The Kier molecular flexibility index (Phi) is 4.37. The van der Waals surface area contributed by atoms with Gasteiger partial charge in [-0.1, -0.05) is 6.07 Å². The Hall–Kier alpha value is -2.15. The molecule has 0 aliphatic rings. The van der Waals surface area contributed by atoms with Gasteiger partial charge in [-0.2, -0.15) is 0 Å². The van der Waals surface area contributed by atoms with Gasteiger partial charge in [0.1, 0.15) is 0 Å². The van der Waals surface area contributed by atoms with Crippen LogP contribution in [0.3, 0.4) is 0 Å². The summed E-state index contributed by atoms with van der Waals surface area (Å²) in [7, 11) is -3.19. The second-order valence-electron chi connectivity index (χ2n) is 5.43. The largest absolute Gasteiger partial charge is 0.351 e. The van der Waals surface area contributed by atoms with E-state index in [-0.39, 0.29) is 18.0 Å². The number of aromatic amines is 1. The molecule has 0 saturated carbocycles. The Balaban J connectivity index is 2.24. The van der Waals surface area contributed by atoms with Crippen LogP contribution in [0.25, 0.3) is 10.9 Å². The fourth-order valence-electron chi connectivity index (χ4n) is 2.07. The van der Waals surface area contributed by atoms with Crippen molar-refractivity contribution < 1.29 is 13.2 Å². The molecule has 0 aliphatic carbocycles. The summed E-state index contributed by atoms with van der Waals surface area (Å²) in [6.45, 7) is 3.40. The highest BCUT2D eigenvalue weighted by Gasteiger charge is 2.16. The number of hydrogen-bond acceptors (Lipinski definition) is 4. The molecule has 0 radical (unpaired) electrons. The Bertz CT molecular complexity index is 884. The summed E-state index contributed by atoms with van der Waals surface area (Å²) in [6.07, 6.45) is 1.13. The van der Waals surface area contributed by atoms with E-state index in [2.05, 4.69) is 10.3 Å². The van der Waals surface area contributed by atoms with Gasteiger partial charge in [-0.3, -0.25) is 9.59 Å². The highest BCUT2D eigenvalue weighted by molar-refractivity contribution is 7.91. The van der Waals surface area contributed by atoms with E-state index in [4.69, 9.17) is 0 Å². The number of nitrogens with one attached hydrogen (secondary N) is 2. The lowest BCUT2D eigenvalue weighted by molar-refractivity contribution is 0.0954. The van der Waals surface area contributed by atoms with Crippen LogP contribution in [0.2, 0.25) is 0 Å². The molecule has 1 amide bonds. The smallest absolute Gasteiger partial charge is 0.251 e. The Morgan fingerprint density at radius 1 is 1.32 bits per heavy atom. The van der Waals surface area contributed by atoms with Crippen LogP contribution >= 0.6 is 0 Å². The number of carbonyl (C=O) groups excluding carboxylic acids is 1. The van der Waals surface area contributed by atoms with Gasteiger partial charge in [0.15, 0.2) is 9.84 Å². The summed E-state index contributed by atoms with van der Waals surface area (Å²) in [6, 6.07) is 6.49. The third kappa shape index (κ3) is 3.54. The molecule has 1 aromatic carbocycles. The number of sulfone groups is 1. The van der Waals surface area contributed by atoms with E-state index in [0.717, 1.165) is 17.2 Å². The molecular formula is C15H18N2O4S. The van der Waals surface area contributed by atoms with Crippen molar-refractivity contribution in [1.82, 2.24) is 10.3 Å². The number of amides is 1. The first-order chi connectivity index (χ1) is 10.2. The zero-order chi connectivity index (χ0) is 16.5. The number of rotatable bonds is 4. The van der Waals surface area contributed by atoms with Crippen molar-refractivity contribution in [3.63, 3.8) is 0 Å². The van der Waals surface area contributed by atoms with Crippen molar-refractivity contribution in [3.8, 4) is 0 Å². The normalized spacial score (nSPS) is 13.0. The molecule has 1 atom stereocenters. The van der Waals surface area contributed by atoms with Crippen molar-refractivity contribution in [1.29, 1.82) is 0 Å². The molecule has 22 heavy (non-hydrogen) atoms. The van der Waals surface area contributed by atoms with Crippen LogP contribution in [0.15, 0.2) is 29.1 Å². The van der Waals surface area contributed by atoms with Crippen molar-refractivity contribution in [3.05, 3.63) is 45.7 Å². The predicted octanol–water partition coefficient (Wildman–Crippen LogP) is 0.999. The van der Waals surface area contributed by atoms with E-state index >= 15 is 0 Å². The second kappa shape index (κ2) is 5.92. The van der Waals surface area contributed by atoms with Gasteiger partial charge in [-0.25, -0.2) is 8.42 Å². The van der Waals surface area contributed by atoms with Crippen LogP contribution in [0.4, 0.5) is 0 Å². The fourth-order valence-corrected chi connectivity index (χ4v) is 2.45. The number of carbonyl (C=O) groups is 1. The highest BCUT2D eigenvalue weighted by atomic mass is 32.2. The quantitative estimate of drug-likeness (QED) is 0.877. The van der Waals surface area contributed by atoms with Crippen molar-refractivity contribution in [2.45, 2.75) is 19.1 Å². The zero-order valence-corrected chi connectivity index (χ0v) is 13.5. The first-order valence-electron chi connectivity index (χ1n) is 6.79. The SMILES string of the molecule is Cc1cc(=O)[nH]c2cc(C(=O)NCC(C)S(C)(=O)=O)ccc12. The van der Waals surface area contributed by atoms with E-state index in [1.54, 1.807) is 18.2 Å². The minimum absolute atomic E-state index is 0.0417. The van der Waals surface area contributed by atoms with Crippen molar-refractivity contribution >= 4 is 26.6 Å². The molecule has 2 N–H and O–H groups in total. The molecule has 2 rings (SSSR count). The van der Waals surface area contributed by atoms with E-state index in [0.29, 0.717) is 11.1 Å². The highest BCUT2D eigenvalue weighted by Crippen LogP contribution is 2.16. The molecule has 1 heterocycles. The van der Waals surface area contributed by atoms with Gasteiger partial charge in [0.05, 0.1) is 5.25 Å². The number of H-pyrrole nitrogens is 1. The topological polar surface area (TPSA) is 96.1 Å². The van der Waals surface area contributed by atoms with Gasteiger partial charge >= 0.3 is 0 Å². The van der Waals surface area contributed by atoms with E-state index < -0.39 is 15.1 Å². The standard InChI is InChI=1S/C15H18N2O4S/c1-9-6-14(18)17-13-7-11(4-5-12(9)13)15(19)16-8-10(2)22(3,20)21/h4-7,10H,8H2,1-3H3,(H,16,19)(H,17,18). The number of hydrogen-bond donors (Lipinski definition) is 2. The molecule has 0 spiro atoms. The predicted molar refractivity (Wildman–Crippen MR) is 85.9 cm³/mol. The second-order valence-corrected chi connectivity index (χ2v) is 7.89. The Morgan fingerprint density at radius 2 is 2.00 bits per heavy atom. The van der Waals surface area contributed by atoms with Gasteiger partial charge in [0.25, 0.3) is 5.91 Å². The van der Waals surface area contributed by atoms with Crippen molar-refractivity contribution in [2.75, 3.05) is 12.8 Å². The number of fused-ring (bicyclic) bond motifs is 1. The molecule has 0 fully saturated rings. The average Bonchev–Trinajstić information content (AvgIpc) is 2.42. The van der Waals surface area contributed by atoms with Gasteiger partial charge in [-0.05, 0) is 31.5 Å². The molecule has 0 aliphatic heterocycles. The fraction of sp³-hybridized carbons (Fsp3) is 0.333. The molecule has 6 nitrogen and oxygen atoms in total. The van der Waals surface area contributed by atoms with E-state index in [1.807, 2.05) is 6.92 Å². The van der Waals surface area contributed by atoms with Gasteiger partial charge < -0.3 is 10.3 Å². The molecule has 2 aromatic rings. The summed E-state index contributed by atoms with van der Waals surface area (Å²) in [5.74, 6) is -0.375. The number of benzene rings is 1. The summed E-state index contributed by atoms with van der Waals surface area (Å²) in [5.41, 5.74) is 1.55. The number of aromatic nitrogens is 1. The van der Waals surface area contributed by atoms with Gasteiger partial charge in [0, 0.05) is 35.3 Å². The van der Waals surface area contributed by atoms with E-state index in [1.165, 1.54) is 13.0 Å². The summed E-state index contributed by atoms with van der Waals surface area (Å²) in [4.78, 5) is 26.3. The zero-order valence-electron chi connectivity index (χ0n) is 12.6. The maximum Gasteiger partial charge on any atom is 0.251 e. The first kappa shape index (κ1) is 16.2. The lowest BCUT2D eigenvalue weighted by Crippen LogP contribution is -2.34. The van der Waals surface area contributed by atoms with Crippen LogP contribution < -0.4 is 10.9 Å². The maximum atomic E-state index is 12.1. The van der Waals surface area contributed by atoms with Crippen LogP contribution in [-0.4, -0.2) is 37.4 Å². The lowest BCUT2D eigenvalue weighted by atomic mass is 10.1. The van der Waals surface area contributed by atoms with Crippen LogP contribution in [0.5, 0.6) is 0 Å². The molecule has 1 aromatic heterocycles. The minimum atomic E-state index is -3.19. The third-order valence-corrected chi connectivity index (χ3v) is 5.22. The molecular weight excluding hydrogens is 304 g/mol. The molecule has 7 heteroatoms. The Labute approximate surface area is 128 Å². The maximum absolute atomic E-state index is 12.1. The molecule has 0 bridgehead atoms. The molecule has 118 valence electrons. The van der Waals surface area contributed by atoms with E-state index in [9.17, 15) is 18.0 Å². The van der Waals surface area contributed by atoms with Gasteiger partial charge in [-0.15, -0.1) is 0 Å². The average molecular weight is 322 g/mol. The third-order valence-electron chi connectivity index (χ3n) is 3.59. The van der Waals surface area contributed by atoms with Crippen molar-refractivity contribution in [2.24, 2.45) is 0 Å². The summed E-state index contributed by atoms with van der Waals surface area (Å²) in [5, 5.41) is 2.80. The summed E-state index contributed by atoms with van der Waals surface area (Å²) >= 11 is 0. The van der Waals surface area contributed by atoms with Crippen LogP contribution in [0.1, 0.15) is 22.8 Å². The first-order valence-corrected chi connectivity index (χ1v) is 8.74. The van der Waals surface area contributed by atoms with Crippen LogP contribution in [0, 0.1) is 6.92 Å². The Morgan fingerprint density at radius 3 is 2.64 bits per heavy atom. The monoisotopic (exact) mass is 322 g/mol. The summed E-state index contributed by atoms with van der Waals surface area (Å²) < 4.78 is 22.7. The minimum Gasteiger partial charge on any atom is -0.351 e. The van der Waals surface area contributed by atoms with Crippen LogP contribution in [-0.2, 0) is 9.84 Å². The lowest BCUT2D eigenvalue weighted by Gasteiger charge is -2.11. The molecule has 0 saturated heterocycles. The molecule has 1 unspecified atom stereocenters. The number of pyridine rings is 1. The number of aryl methyl sites for hydroxylation is 1. The van der Waals surface area contributed by atoms with Gasteiger partial charge in [0.2, 0.25) is 5.56 Å².